The molecule has 2 atom stereocenters. The van der Waals surface area contributed by atoms with Crippen molar-refractivity contribution in [3.8, 4) is 0 Å². The highest BCUT2D eigenvalue weighted by atomic mass is 14.4. The van der Waals surface area contributed by atoms with Gasteiger partial charge >= 0.3 is 0 Å². The summed E-state index contributed by atoms with van der Waals surface area (Å²) in [6.45, 7) is 4.51. The lowest BCUT2D eigenvalue weighted by Crippen LogP contribution is -1.88. The molecule has 1 fully saturated rings. The van der Waals surface area contributed by atoms with Gasteiger partial charge < -0.3 is 0 Å². The minimum atomic E-state index is 0.977. The Hall–Kier alpha value is -0.780. The summed E-state index contributed by atoms with van der Waals surface area (Å²) in [5, 5.41) is 0. The van der Waals surface area contributed by atoms with Gasteiger partial charge in [0.1, 0.15) is 0 Å². The maximum Gasteiger partial charge on any atom is -0.0248 e. The zero-order valence-corrected chi connectivity index (χ0v) is 7.88. The van der Waals surface area contributed by atoms with Crippen LogP contribution in [0.2, 0.25) is 0 Å². The molecule has 0 unspecified atom stereocenters. The first-order valence-electron chi connectivity index (χ1n) is 4.81. The molecule has 0 nitrogen and oxygen atoms in total. The van der Waals surface area contributed by atoms with Crippen molar-refractivity contribution in [3.63, 3.8) is 0 Å². The third-order valence-corrected chi connectivity index (χ3v) is 2.86. The van der Waals surface area contributed by atoms with E-state index in [9.17, 15) is 0 Å². The normalized spacial score (nSPS) is 27.2. The lowest BCUT2D eigenvalue weighted by molar-refractivity contribution is 0.746. The van der Waals surface area contributed by atoms with Gasteiger partial charge in [0.25, 0.3) is 0 Å². The Morgan fingerprint density at radius 2 is 2.17 bits per heavy atom. The Morgan fingerprint density at radius 1 is 1.42 bits per heavy atom. The molecule has 0 saturated heterocycles. The summed E-state index contributed by atoms with van der Waals surface area (Å²) in [5.74, 6) is 1.96. The highest BCUT2D eigenvalue weighted by molar-refractivity contribution is 5.23. The van der Waals surface area contributed by atoms with Gasteiger partial charge in [0, 0.05) is 0 Å². The molecule has 1 aromatic carbocycles. The van der Waals surface area contributed by atoms with E-state index in [1.807, 2.05) is 0 Å². The van der Waals surface area contributed by atoms with Crippen LogP contribution in [-0.2, 0) is 6.42 Å². The number of aryl methyl sites for hydroxylation is 1. The van der Waals surface area contributed by atoms with Crippen LogP contribution < -0.4 is 0 Å². The van der Waals surface area contributed by atoms with Crippen LogP contribution in [0, 0.1) is 18.8 Å². The van der Waals surface area contributed by atoms with Crippen molar-refractivity contribution in [3.05, 3.63) is 35.4 Å². The minimum Gasteiger partial charge on any atom is -0.0622 e. The number of rotatable bonds is 2. The molecular formula is C12H16. The van der Waals surface area contributed by atoms with Gasteiger partial charge in [0.2, 0.25) is 0 Å². The third-order valence-electron chi connectivity index (χ3n) is 2.86. The quantitative estimate of drug-likeness (QED) is 0.623. The predicted octanol–water partition coefficient (Wildman–Crippen LogP) is 3.19. The average molecular weight is 160 g/mol. The van der Waals surface area contributed by atoms with E-state index >= 15 is 0 Å². The molecule has 1 aliphatic carbocycles. The van der Waals surface area contributed by atoms with Crippen molar-refractivity contribution >= 4 is 0 Å². The molecular weight excluding hydrogens is 144 g/mol. The maximum atomic E-state index is 2.35. The fraction of sp³-hybridized carbons (Fsp3) is 0.500. The molecule has 12 heavy (non-hydrogen) atoms. The third kappa shape index (κ3) is 1.69. The van der Waals surface area contributed by atoms with E-state index in [1.54, 1.807) is 0 Å². The van der Waals surface area contributed by atoms with Gasteiger partial charge in [-0.3, -0.25) is 0 Å². The van der Waals surface area contributed by atoms with E-state index in [-0.39, 0.29) is 0 Å². The molecule has 0 spiro atoms. The lowest BCUT2D eigenvalue weighted by atomic mass is 10.1. The van der Waals surface area contributed by atoms with Crippen LogP contribution in [0.5, 0.6) is 0 Å². The molecule has 2 rings (SSSR count). The minimum absolute atomic E-state index is 0.977. The summed E-state index contributed by atoms with van der Waals surface area (Å²) < 4.78 is 0. The van der Waals surface area contributed by atoms with E-state index in [0.29, 0.717) is 0 Å². The summed E-state index contributed by atoms with van der Waals surface area (Å²) in [5.41, 5.74) is 2.91. The Morgan fingerprint density at radius 3 is 2.75 bits per heavy atom. The first-order valence-corrected chi connectivity index (χ1v) is 4.81. The molecule has 1 aromatic rings. The van der Waals surface area contributed by atoms with E-state index in [4.69, 9.17) is 0 Å². The van der Waals surface area contributed by atoms with Crippen molar-refractivity contribution in [2.75, 3.05) is 0 Å². The summed E-state index contributed by atoms with van der Waals surface area (Å²) in [6.07, 6.45) is 2.73. The zero-order chi connectivity index (χ0) is 8.55. The average Bonchev–Trinajstić information content (AvgIpc) is 2.66. The fourth-order valence-electron chi connectivity index (χ4n) is 1.83. The molecule has 0 heterocycles. The molecule has 1 saturated carbocycles. The molecule has 64 valence electrons. The summed E-state index contributed by atoms with van der Waals surface area (Å²) >= 11 is 0. The molecule has 0 radical (unpaired) electrons. The van der Waals surface area contributed by atoms with Crippen molar-refractivity contribution in [1.29, 1.82) is 0 Å². The van der Waals surface area contributed by atoms with Gasteiger partial charge in [-0.25, -0.2) is 0 Å². The van der Waals surface area contributed by atoms with Crippen LogP contribution in [0.3, 0.4) is 0 Å². The molecule has 0 amide bonds. The second-order valence-corrected chi connectivity index (χ2v) is 4.17. The van der Waals surface area contributed by atoms with Gasteiger partial charge in [-0.15, -0.1) is 0 Å². The standard InChI is InChI=1S/C12H16/c1-9-4-3-5-11(6-9)8-12-7-10(12)2/h3-6,10,12H,7-8H2,1-2H3/t10-,12+/m0/s1. The lowest BCUT2D eigenvalue weighted by Gasteiger charge is -2.00. The van der Waals surface area contributed by atoms with Crippen molar-refractivity contribution in [1.82, 2.24) is 0 Å². The SMILES string of the molecule is Cc1cccc(C[C@H]2C[C@@H]2C)c1. The van der Waals surface area contributed by atoms with Gasteiger partial charge in [0.05, 0.1) is 0 Å². The van der Waals surface area contributed by atoms with Gasteiger partial charge in [-0.2, -0.15) is 0 Å². The first kappa shape index (κ1) is 7.85. The van der Waals surface area contributed by atoms with Gasteiger partial charge in [-0.05, 0) is 37.2 Å². The summed E-state index contributed by atoms with van der Waals surface area (Å²) in [4.78, 5) is 0. The van der Waals surface area contributed by atoms with E-state index in [0.717, 1.165) is 11.8 Å². The highest BCUT2D eigenvalue weighted by Gasteiger charge is 2.31. The Labute approximate surface area is 74.6 Å². The molecule has 0 heteroatoms. The van der Waals surface area contributed by atoms with E-state index in [1.165, 1.54) is 24.0 Å². The van der Waals surface area contributed by atoms with Crippen molar-refractivity contribution < 1.29 is 0 Å². The topological polar surface area (TPSA) is 0 Å². The van der Waals surface area contributed by atoms with Crippen LogP contribution in [-0.4, -0.2) is 0 Å². The van der Waals surface area contributed by atoms with Crippen LogP contribution >= 0.6 is 0 Å². The van der Waals surface area contributed by atoms with Crippen molar-refractivity contribution in [2.45, 2.75) is 26.7 Å². The number of hydrogen-bond acceptors (Lipinski definition) is 0. The Bertz CT molecular complexity index is 275. The van der Waals surface area contributed by atoms with Crippen LogP contribution in [0.25, 0.3) is 0 Å². The fourth-order valence-corrected chi connectivity index (χ4v) is 1.83. The second-order valence-electron chi connectivity index (χ2n) is 4.17. The van der Waals surface area contributed by atoms with Crippen LogP contribution in [0.4, 0.5) is 0 Å². The van der Waals surface area contributed by atoms with Gasteiger partial charge in [-0.1, -0.05) is 36.8 Å². The summed E-state index contributed by atoms with van der Waals surface area (Å²) in [6, 6.07) is 8.89. The smallest absolute Gasteiger partial charge is 0.0248 e. The molecule has 0 aliphatic heterocycles. The summed E-state index contributed by atoms with van der Waals surface area (Å²) in [7, 11) is 0. The Kier molecular flexibility index (Phi) is 1.92. The highest BCUT2D eigenvalue weighted by Crippen LogP contribution is 2.40. The monoisotopic (exact) mass is 160 g/mol. The maximum absolute atomic E-state index is 2.35. The second kappa shape index (κ2) is 2.93. The molecule has 1 aliphatic rings. The van der Waals surface area contributed by atoms with E-state index < -0.39 is 0 Å². The van der Waals surface area contributed by atoms with Crippen molar-refractivity contribution in [2.24, 2.45) is 11.8 Å². The van der Waals surface area contributed by atoms with Crippen LogP contribution in [0.1, 0.15) is 24.5 Å². The largest absolute Gasteiger partial charge is 0.0622 e. The molecule has 0 bridgehead atoms. The predicted molar refractivity (Wildman–Crippen MR) is 52.2 cm³/mol. The number of hydrogen-bond donors (Lipinski definition) is 0. The first-order chi connectivity index (χ1) is 5.75. The molecule has 0 aromatic heterocycles. The Balaban J connectivity index is 2.03. The number of benzene rings is 1. The molecule has 0 N–H and O–H groups in total. The van der Waals surface area contributed by atoms with E-state index in [2.05, 4.69) is 38.1 Å². The zero-order valence-electron chi connectivity index (χ0n) is 7.88. The van der Waals surface area contributed by atoms with Crippen LogP contribution in [0.15, 0.2) is 24.3 Å². The van der Waals surface area contributed by atoms with Gasteiger partial charge in [0.15, 0.2) is 0 Å².